The average molecular weight is 484 g/mol. The third-order valence-electron chi connectivity index (χ3n) is 6.70. The van der Waals surface area contributed by atoms with Gasteiger partial charge in [-0.3, -0.25) is 4.79 Å². The minimum absolute atomic E-state index is 0.0309. The molecule has 1 aliphatic heterocycles. The number of rotatable bonds is 10. The molecule has 1 fully saturated rings. The SMILES string of the molecule is CCOc1ccccc1N1C[C@H](c2nc3ccccc3n2CCCCOc2ccc(C)cc2)CC1=O. The number of carbonyl (C=O) groups excluding carboxylic acids is 1. The Labute approximate surface area is 212 Å². The Balaban J connectivity index is 1.30. The standard InChI is InChI=1S/C30H33N3O3/c1-3-35-28-13-7-6-12-27(28)33-21-23(20-29(33)34)30-31-25-10-4-5-11-26(25)32(30)18-8-9-19-36-24-16-14-22(2)15-17-24/h4-7,10-17,23H,3,8-9,18-21H2,1-2H3/t23-/m1/s1. The minimum atomic E-state index is 0.0309. The number of nitrogens with zero attached hydrogens (tertiary/aromatic N) is 3. The fraction of sp³-hybridized carbons (Fsp3) is 0.333. The van der Waals surface area contributed by atoms with Crippen LogP contribution < -0.4 is 14.4 Å². The normalized spacial score (nSPS) is 15.6. The number of unbranched alkanes of at least 4 members (excludes halogenated alkanes) is 1. The number of aromatic nitrogens is 2. The van der Waals surface area contributed by atoms with Crippen LogP contribution in [0.2, 0.25) is 0 Å². The molecule has 0 saturated carbocycles. The number of fused-ring (bicyclic) bond motifs is 1. The van der Waals surface area contributed by atoms with E-state index in [1.165, 1.54) is 5.56 Å². The second-order valence-electron chi connectivity index (χ2n) is 9.29. The fourth-order valence-corrected chi connectivity index (χ4v) is 4.91. The second-order valence-corrected chi connectivity index (χ2v) is 9.29. The maximum atomic E-state index is 13.1. The number of carbonyl (C=O) groups is 1. The molecule has 0 bridgehead atoms. The van der Waals surface area contributed by atoms with Crippen LogP contribution in [-0.4, -0.2) is 35.2 Å². The average Bonchev–Trinajstić information content (AvgIpc) is 3.46. The molecule has 36 heavy (non-hydrogen) atoms. The summed E-state index contributed by atoms with van der Waals surface area (Å²) in [6.45, 7) is 6.71. The maximum absolute atomic E-state index is 13.1. The molecule has 1 aliphatic rings. The number of hydrogen-bond acceptors (Lipinski definition) is 4. The smallest absolute Gasteiger partial charge is 0.227 e. The zero-order chi connectivity index (χ0) is 24.9. The van der Waals surface area contributed by atoms with Crippen molar-refractivity contribution in [2.75, 3.05) is 24.7 Å². The lowest BCUT2D eigenvalue weighted by Gasteiger charge is -2.20. The lowest BCUT2D eigenvalue weighted by Crippen LogP contribution is -2.25. The quantitative estimate of drug-likeness (QED) is 0.255. The van der Waals surface area contributed by atoms with E-state index in [1.807, 2.05) is 54.3 Å². The van der Waals surface area contributed by atoms with E-state index in [2.05, 4.69) is 41.8 Å². The summed E-state index contributed by atoms with van der Waals surface area (Å²) in [6.07, 6.45) is 2.36. The lowest BCUT2D eigenvalue weighted by atomic mass is 10.1. The van der Waals surface area contributed by atoms with Crippen molar-refractivity contribution in [3.05, 3.63) is 84.2 Å². The Morgan fingerprint density at radius 2 is 1.72 bits per heavy atom. The number of hydrogen-bond donors (Lipinski definition) is 0. The van der Waals surface area contributed by atoms with Crippen LogP contribution >= 0.6 is 0 Å². The van der Waals surface area contributed by atoms with E-state index >= 15 is 0 Å². The first-order chi connectivity index (χ1) is 17.6. The number of aryl methyl sites for hydroxylation is 2. The summed E-state index contributed by atoms with van der Waals surface area (Å²) in [5.74, 6) is 2.78. The maximum Gasteiger partial charge on any atom is 0.227 e. The summed E-state index contributed by atoms with van der Waals surface area (Å²) in [5, 5.41) is 0. The molecule has 186 valence electrons. The molecule has 6 nitrogen and oxygen atoms in total. The van der Waals surface area contributed by atoms with Crippen LogP contribution in [0.1, 0.15) is 43.5 Å². The first kappa shape index (κ1) is 23.9. The monoisotopic (exact) mass is 483 g/mol. The minimum Gasteiger partial charge on any atom is -0.494 e. The Bertz CT molecular complexity index is 1330. The van der Waals surface area contributed by atoms with Crippen LogP contribution in [0, 0.1) is 6.92 Å². The Morgan fingerprint density at radius 3 is 2.56 bits per heavy atom. The summed E-state index contributed by atoms with van der Waals surface area (Å²) >= 11 is 0. The molecule has 2 heterocycles. The highest BCUT2D eigenvalue weighted by Gasteiger charge is 2.35. The molecule has 1 atom stereocenters. The van der Waals surface area contributed by atoms with Gasteiger partial charge in [0.15, 0.2) is 0 Å². The van der Waals surface area contributed by atoms with Crippen LogP contribution in [0.4, 0.5) is 5.69 Å². The van der Waals surface area contributed by atoms with Crippen molar-refractivity contribution in [1.82, 2.24) is 9.55 Å². The summed E-state index contributed by atoms with van der Waals surface area (Å²) < 4.78 is 14.0. The Kier molecular flexibility index (Phi) is 7.21. The summed E-state index contributed by atoms with van der Waals surface area (Å²) in [4.78, 5) is 20.0. The van der Waals surface area contributed by atoms with E-state index in [1.54, 1.807) is 0 Å². The van der Waals surface area contributed by atoms with Gasteiger partial charge in [-0.25, -0.2) is 4.98 Å². The van der Waals surface area contributed by atoms with Gasteiger partial charge in [0.2, 0.25) is 5.91 Å². The van der Waals surface area contributed by atoms with Crippen molar-refractivity contribution < 1.29 is 14.3 Å². The molecule has 0 spiro atoms. The molecule has 6 heteroatoms. The van der Waals surface area contributed by atoms with E-state index in [4.69, 9.17) is 14.5 Å². The van der Waals surface area contributed by atoms with Crippen LogP contribution in [0.5, 0.6) is 11.5 Å². The van der Waals surface area contributed by atoms with Gasteiger partial charge >= 0.3 is 0 Å². The molecule has 0 radical (unpaired) electrons. The summed E-state index contributed by atoms with van der Waals surface area (Å²) in [5.41, 5.74) is 4.16. The summed E-state index contributed by atoms with van der Waals surface area (Å²) in [6, 6.07) is 24.2. The van der Waals surface area contributed by atoms with Gasteiger partial charge in [-0.15, -0.1) is 0 Å². The van der Waals surface area contributed by atoms with Crippen LogP contribution in [0.3, 0.4) is 0 Å². The molecule has 0 N–H and O–H groups in total. The van der Waals surface area contributed by atoms with E-state index in [0.29, 0.717) is 26.2 Å². The second kappa shape index (κ2) is 10.9. The number of anilines is 1. The molecular weight excluding hydrogens is 450 g/mol. The van der Waals surface area contributed by atoms with Crippen LogP contribution in [0.15, 0.2) is 72.8 Å². The van der Waals surface area contributed by atoms with Gasteiger partial charge in [-0.2, -0.15) is 0 Å². The van der Waals surface area contributed by atoms with E-state index in [0.717, 1.165) is 53.4 Å². The van der Waals surface area contributed by atoms with E-state index in [-0.39, 0.29) is 11.8 Å². The number of amides is 1. The highest BCUT2D eigenvalue weighted by atomic mass is 16.5. The molecule has 1 amide bonds. The van der Waals surface area contributed by atoms with Gasteiger partial charge in [-0.1, -0.05) is 42.0 Å². The third-order valence-corrected chi connectivity index (χ3v) is 6.70. The predicted molar refractivity (Wildman–Crippen MR) is 143 cm³/mol. The van der Waals surface area contributed by atoms with Gasteiger partial charge in [0.05, 0.1) is 29.9 Å². The highest BCUT2D eigenvalue weighted by molar-refractivity contribution is 5.97. The number of para-hydroxylation sites is 4. The largest absolute Gasteiger partial charge is 0.494 e. The first-order valence-electron chi connectivity index (χ1n) is 12.8. The van der Waals surface area contributed by atoms with Crippen molar-refractivity contribution in [2.45, 2.75) is 45.6 Å². The van der Waals surface area contributed by atoms with Crippen molar-refractivity contribution >= 4 is 22.6 Å². The Morgan fingerprint density at radius 1 is 0.944 bits per heavy atom. The van der Waals surface area contributed by atoms with E-state index < -0.39 is 0 Å². The molecule has 1 saturated heterocycles. The van der Waals surface area contributed by atoms with Crippen LogP contribution in [0.25, 0.3) is 11.0 Å². The van der Waals surface area contributed by atoms with Crippen molar-refractivity contribution in [2.24, 2.45) is 0 Å². The number of benzene rings is 3. The molecule has 5 rings (SSSR count). The van der Waals surface area contributed by atoms with Crippen molar-refractivity contribution in [1.29, 1.82) is 0 Å². The third kappa shape index (κ3) is 5.08. The zero-order valence-electron chi connectivity index (χ0n) is 21.0. The zero-order valence-corrected chi connectivity index (χ0v) is 21.0. The molecule has 3 aromatic carbocycles. The van der Waals surface area contributed by atoms with Crippen molar-refractivity contribution in [3.8, 4) is 11.5 Å². The van der Waals surface area contributed by atoms with Gasteiger partial charge in [-0.05, 0) is 63.1 Å². The molecule has 0 aliphatic carbocycles. The van der Waals surface area contributed by atoms with Gasteiger partial charge in [0.1, 0.15) is 17.3 Å². The van der Waals surface area contributed by atoms with Gasteiger partial charge in [0, 0.05) is 25.4 Å². The highest BCUT2D eigenvalue weighted by Crippen LogP contribution is 2.37. The lowest BCUT2D eigenvalue weighted by molar-refractivity contribution is -0.117. The van der Waals surface area contributed by atoms with Crippen LogP contribution in [-0.2, 0) is 11.3 Å². The van der Waals surface area contributed by atoms with Gasteiger partial charge < -0.3 is 18.9 Å². The van der Waals surface area contributed by atoms with Gasteiger partial charge in [0.25, 0.3) is 0 Å². The topological polar surface area (TPSA) is 56.6 Å². The molecular formula is C30H33N3O3. The first-order valence-corrected chi connectivity index (χ1v) is 12.8. The molecule has 4 aromatic rings. The van der Waals surface area contributed by atoms with Crippen molar-refractivity contribution in [3.63, 3.8) is 0 Å². The number of ether oxygens (including phenoxy) is 2. The number of imidazole rings is 1. The molecule has 0 unspecified atom stereocenters. The fourth-order valence-electron chi connectivity index (χ4n) is 4.91. The summed E-state index contributed by atoms with van der Waals surface area (Å²) in [7, 11) is 0. The predicted octanol–water partition coefficient (Wildman–Crippen LogP) is 6.12. The van der Waals surface area contributed by atoms with E-state index in [9.17, 15) is 4.79 Å². The molecule has 1 aromatic heterocycles. The Hall–Kier alpha value is -3.80.